The van der Waals surface area contributed by atoms with Crippen LogP contribution in [0, 0.1) is 11.3 Å². The Hall–Kier alpha value is -0.670. The van der Waals surface area contributed by atoms with Gasteiger partial charge < -0.3 is 5.73 Å². The summed E-state index contributed by atoms with van der Waals surface area (Å²) in [5.74, 6) is -4.51. The number of carbonyl (C=O) groups excluding carboxylic acids is 1. The van der Waals surface area contributed by atoms with E-state index in [1.165, 1.54) is 6.92 Å². The molecule has 0 rings (SSSR count). The topological polar surface area (TPSA) is 43.1 Å². The molecule has 0 heterocycles. The number of hydrogen-bond acceptors (Lipinski definition) is 1. The molecule has 0 spiro atoms. The summed E-state index contributed by atoms with van der Waals surface area (Å²) in [7, 11) is 0. The molecule has 2 nitrogen and oxygen atoms in total. The number of halogens is 2. The number of carbonyl (C=O) groups is 1. The van der Waals surface area contributed by atoms with E-state index >= 15 is 0 Å². The van der Waals surface area contributed by atoms with Gasteiger partial charge in [0.15, 0.2) is 0 Å². The predicted molar refractivity (Wildman–Crippen MR) is 42.8 cm³/mol. The molecular weight excluding hydrogens is 164 g/mol. The second kappa shape index (κ2) is 2.99. The molecule has 1 atom stereocenters. The molecular formula is C8H15F2NO. The number of alkyl halides is 2. The molecule has 0 bridgehead atoms. The maximum absolute atomic E-state index is 13.0. The molecule has 4 heteroatoms. The van der Waals surface area contributed by atoms with Crippen LogP contribution in [-0.2, 0) is 4.79 Å². The minimum atomic E-state index is -3.08. The maximum Gasteiger partial charge on any atom is 0.259 e. The average Bonchev–Trinajstić information content (AvgIpc) is 1.82. The SMILES string of the molecule is CC(C)[C@@](C)(C(N)=O)C(C)(F)F. The molecule has 0 saturated carbocycles. The van der Waals surface area contributed by atoms with Crippen LogP contribution in [-0.4, -0.2) is 11.8 Å². The molecule has 0 aliphatic carbocycles. The first-order valence-electron chi connectivity index (χ1n) is 3.81. The fourth-order valence-electron chi connectivity index (χ4n) is 1.01. The summed E-state index contributed by atoms with van der Waals surface area (Å²) in [5.41, 5.74) is 3.18. The third-order valence-electron chi connectivity index (χ3n) is 2.58. The van der Waals surface area contributed by atoms with E-state index < -0.39 is 23.2 Å². The normalized spacial score (nSPS) is 17.6. The first-order valence-corrected chi connectivity index (χ1v) is 3.81. The maximum atomic E-state index is 13.0. The highest BCUT2D eigenvalue weighted by Crippen LogP contribution is 2.41. The molecule has 0 unspecified atom stereocenters. The number of rotatable bonds is 3. The Balaban J connectivity index is 5.02. The van der Waals surface area contributed by atoms with Gasteiger partial charge >= 0.3 is 0 Å². The van der Waals surface area contributed by atoms with Crippen molar-refractivity contribution < 1.29 is 13.6 Å². The van der Waals surface area contributed by atoms with Crippen LogP contribution in [0.1, 0.15) is 27.7 Å². The molecule has 0 aromatic rings. The Bertz CT molecular complexity index is 186. The standard InChI is InChI=1S/C8H15F2NO/c1-5(2)7(3,6(11)12)8(4,9)10/h5H,1-4H3,(H2,11,12)/t7-/m0/s1. The zero-order valence-corrected chi connectivity index (χ0v) is 7.82. The van der Waals surface area contributed by atoms with Crippen molar-refractivity contribution in [3.05, 3.63) is 0 Å². The van der Waals surface area contributed by atoms with Crippen LogP contribution in [0.25, 0.3) is 0 Å². The van der Waals surface area contributed by atoms with Crippen LogP contribution in [0.2, 0.25) is 0 Å². The van der Waals surface area contributed by atoms with Crippen molar-refractivity contribution in [1.29, 1.82) is 0 Å². The smallest absolute Gasteiger partial charge is 0.259 e. The summed E-state index contributed by atoms with van der Waals surface area (Å²) in [4.78, 5) is 10.9. The summed E-state index contributed by atoms with van der Waals surface area (Å²) in [6.45, 7) is 5.03. The Labute approximate surface area is 71.1 Å². The summed E-state index contributed by atoms with van der Waals surface area (Å²) < 4.78 is 25.9. The molecule has 0 aromatic carbocycles. The number of primary amides is 1. The van der Waals surface area contributed by atoms with Crippen LogP contribution in [0.4, 0.5) is 8.78 Å². The minimum Gasteiger partial charge on any atom is -0.369 e. The number of nitrogens with two attached hydrogens (primary N) is 1. The molecule has 0 aromatic heterocycles. The van der Waals surface area contributed by atoms with Crippen molar-refractivity contribution in [2.45, 2.75) is 33.6 Å². The Morgan fingerprint density at radius 3 is 1.67 bits per heavy atom. The van der Waals surface area contributed by atoms with Crippen molar-refractivity contribution in [2.24, 2.45) is 17.1 Å². The lowest BCUT2D eigenvalue weighted by Crippen LogP contribution is -2.50. The van der Waals surface area contributed by atoms with Gasteiger partial charge in [-0.15, -0.1) is 0 Å². The van der Waals surface area contributed by atoms with Gasteiger partial charge in [0.2, 0.25) is 5.91 Å². The summed E-state index contributed by atoms with van der Waals surface area (Å²) in [5, 5.41) is 0. The fourth-order valence-corrected chi connectivity index (χ4v) is 1.01. The van der Waals surface area contributed by atoms with Gasteiger partial charge in [0.1, 0.15) is 5.41 Å². The number of hydrogen-bond donors (Lipinski definition) is 1. The molecule has 0 aliphatic heterocycles. The summed E-state index contributed by atoms with van der Waals surface area (Å²) in [6, 6.07) is 0. The zero-order chi connectivity index (χ0) is 10.2. The second-order valence-electron chi connectivity index (χ2n) is 3.61. The molecule has 0 radical (unpaired) electrons. The number of amides is 1. The zero-order valence-electron chi connectivity index (χ0n) is 7.82. The average molecular weight is 179 g/mol. The molecule has 0 aliphatic rings. The molecule has 12 heavy (non-hydrogen) atoms. The van der Waals surface area contributed by atoms with Crippen LogP contribution in [0.15, 0.2) is 0 Å². The van der Waals surface area contributed by atoms with E-state index in [2.05, 4.69) is 0 Å². The Kier molecular flexibility index (Phi) is 2.83. The van der Waals surface area contributed by atoms with Crippen LogP contribution < -0.4 is 5.73 Å². The van der Waals surface area contributed by atoms with E-state index in [-0.39, 0.29) is 0 Å². The quantitative estimate of drug-likeness (QED) is 0.705. The minimum absolute atomic E-state index is 0.477. The van der Waals surface area contributed by atoms with E-state index in [0.29, 0.717) is 0 Å². The van der Waals surface area contributed by atoms with Crippen LogP contribution >= 0.6 is 0 Å². The lowest BCUT2D eigenvalue weighted by molar-refractivity contribution is -0.159. The lowest BCUT2D eigenvalue weighted by Gasteiger charge is -2.35. The van der Waals surface area contributed by atoms with Crippen LogP contribution in [0.5, 0.6) is 0 Å². The predicted octanol–water partition coefficient (Wildman–Crippen LogP) is 1.79. The van der Waals surface area contributed by atoms with Gasteiger partial charge in [0.05, 0.1) is 0 Å². The highest BCUT2D eigenvalue weighted by atomic mass is 19.3. The van der Waals surface area contributed by atoms with Gasteiger partial charge in [-0.25, -0.2) is 8.78 Å². The van der Waals surface area contributed by atoms with Gasteiger partial charge in [-0.3, -0.25) is 4.79 Å². The largest absolute Gasteiger partial charge is 0.369 e. The van der Waals surface area contributed by atoms with E-state index in [4.69, 9.17) is 5.73 Å². The molecule has 72 valence electrons. The lowest BCUT2D eigenvalue weighted by atomic mass is 9.73. The van der Waals surface area contributed by atoms with Crippen molar-refractivity contribution in [1.82, 2.24) is 0 Å². The van der Waals surface area contributed by atoms with Crippen molar-refractivity contribution in [3.8, 4) is 0 Å². The molecule has 1 amide bonds. The van der Waals surface area contributed by atoms with E-state index in [1.807, 2.05) is 0 Å². The first kappa shape index (κ1) is 11.3. The van der Waals surface area contributed by atoms with Crippen molar-refractivity contribution in [2.75, 3.05) is 0 Å². The highest BCUT2D eigenvalue weighted by Gasteiger charge is 2.52. The first-order chi connectivity index (χ1) is 5.14. The van der Waals surface area contributed by atoms with Gasteiger partial charge in [-0.1, -0.05) is 13.8 Å². The van der Waals surface area contributed by atoms with Crippen LogP contribution in [0.3, 0.4) is 0 Å². The molecule has 2 N–H and O–H groups in total. The Morgan fingerprint density at radius 2 is 1.67 bits per heavy atom. The van der Waals surface area contributed by atoms with Crippen molar-refractivity contribution >= 4 is 5.91 Å². The third-order valence-corrected chi connectivity index (χ3v) is 2.58. The van der Waals surface area contributed by atoms with E-state index in [9.17, 15) is 13.6 Å². The highest BCUT2D eigenvalue weighted by molar-refractivity contribution is 5.81. The molecule has 0 saturated heterocycles. The Morgan fingerprint density at radius 1 is 1.33 bits per heavy atom. The van der Waals surface area contributed by atoms with E-state index in [1.54, 1.807) is 13.8 Å². The van der Waals surface area contributed by atoms with Crippen molar-refractivity contribution in [3.63, 3.8) is 0 Å². The van der Waals surface area contributed by atoms with Gasteiger partial charge in [-0.05, 0) is 12.8 Å². The van der Waals surface area contributed by atoms with Gasteiger partial charge in [0, 0.05) is 6.92 Å². The second-order valence-corrected chi connectivity index (χ2v) is 3.61. The third kappa shape index (κ3) is 1.57. The van der Waals surface area contributed by atoms with Gasteiger partial charge in [-0.2, -0.15) is 0 Å². The van der Waals surface area contributed by atoms with E-state index in [0.717, 1.165) is 6.92 Å². The molecule has 0 fully saturated rings. The summed E-state index contributed by atoms with van der Waals surface area (Å²) >= 11 is 0. The summed E-state index contributed by atoms with van der Waals surface area (Å²) in [6.07, 6.45) is 0. The van der Waals surface area contributed by atoms with Gasteiger partial charge in [0.25, 0.3) is 5.92 Å². The fraction of sp³-hybridized carbons (Fsp3) is 0.875. The monoisotopic (exact) mass is 179 g/mol.